The zero-order valence-electron chi connectivity index (χ0n) is 14.9. The molecule has 0 saturated heterocycles. The molecule has 2 N–H and O–H groups in total. The first kappa shape index (κ1) is 18.7. The molecule has 1 saturated carbocycles. The van der Waals surface area contributed by atoms with Crippen LogP contribution in [-0.4, -0.2) is 37.2 Å². The van der Waals surface area contributed by atoms with E-state index in [-0.39, 0.29) is 17.0 Å². The molecule has 1 aliphatic carbocycles. The van der Waals surface area contributed by atoms with Gasteiger partial charge in [-0.2, -0.15) is 0 Å². The average Bonchev–Trinajstić information content (AvgIpc) is 2.65. The molecule has 0 bridgehead atoms. The van der Waals surface area contributed by atoms with Gasteiger partial charge in [-0.15, -0.1) is 0 Å². The molecule has 1 aromatic heterocycles. The number of sulfonamides is 1. The minimum atomic E-state index is -3.65. The number of benzene rings is 1. The quantitative estimate of drug-likeness (QED) is 0.811. The van der Waals surface area contributed by atoms with E-state index in [1.165, 1.54) is 10.5 Å². The van der Waals surface area contributed by atoms with Crippen molar-refractivity contribution in [1.29, 1.82) is 0 Å². The third-order valence-electron chi connectivity index (χ3n) is 4.70. The molecule has 1 heterocycles. The number of aliphatic hydroxyl groups is 1. The lowest BCUT2D eigenvalue weighted by Gasteiger charge is -2.26. The highest BCUT2D eigenvalue weighted by Gasteiger charge is 2.24. The van der Waals surface area contributed by atoms with E-state index in [4.69, 9.17) is 0 Å². The summed E-state index contributed by atoms with van der Waals surface area (Å²) in [7, 11) is -3.65. The van der Waals surface area contributed by atoms with E-state index < -0.39 is 10.0 Å². The van der Waals surface area contributed by atoms with Crippen molar-refractivity contribution in [3.05, 3.63) is 48.7 Å². The van der Waals surface area contributed by atoms with E-state index in [0.29, 0.717) is 18.1 Å². The van der Waals surface area contributed by atoms with Crippen molar-refractivity contribution in [1.82, 2.24) is 4.98 Å². The summed E-state index contributed by atoms with van der Waals surface area (Å²) in [5, 5.41) is 12.9. The molecule has 0 aliphatic heterocycles. The number of hydrogen-bond acceptors (Lipinski definition) is 5. The summed E-state index contributed by atoms with van der Waals surface area (Å²) in [6, 6.07) is 12.6. The van der Waals surface area contributed by atoms with E-state index in [9.17, 15) is 13.5 Å². The van der Waals surface area contributed by atoms with Crippen molar-refractivity contribution in [3.63, 3.8) is 0 Å². The Morgan fingerprint density at radius 1 is 1.12 bits per heavy atom. The van der Waals surface area contributed by atoms with Crippen molar-refractivity contribution in [3.8, 4) is 0 Å². The van der Waals surface area contributed by atoms with Crippen LogP contribution in [0.1, 0.15) is 32.6 Å². The van der Waals surface area contributed by atoms with Crippen molar-refractivity contribution >= 4 is 21.5 Å². The van der Waals surface area contributed by atoms with Gasteiger partial charge in [-0.05, 0) is 56.9 Å². The standard InChI is InChI=1S/C19H25N3O3S/c1-2-22(16-6-4-3-5-7-16)26(24,25)18-12-13-19(20-14-18)21-15-8-10-17(23)11-9-15/h3-7,12-15,17,23H,2,8-11H2,1H3,(H,20,21). The second-order valence-corrected chi connectivity index (χ2v) is 8.40. The number of pyridine rings is 1. The molecule has 0 radical (unpaired) electrons. The number of rotatable bonds is 6. The van der Waals surface area contributed by atoms with Crippen LogP contribution < -0.4 is 9.62 Å². The first-order valence-corrected chi connectivity index (χ1v) is 10.4. The molecule has 1 aliphatic rings. The van der Waals surface area contributed by atoms with Gasteiger partial charge in [-0.1, -0.05) is 18.2 Å². The van der Waals surface area contributed by atoms with Gasteiger partial charge >= 0.3 is 0 Å². The van der Waals surface area contributed by atoms with Gasteiger partial charge in [0.2, 0.25) is 0 Å². The van der Waals surface area contributed by atoms with Gasteiger partial charge < -0.3 is 10.4 Å². The fourth-order valence-corrected chi connectivity index (χ4v) is 4.68. The summed E-state index contributed by atoms with van der Waals surface area (Å²) in [6.07, 6.45) is 4.55. The van der Waals surface area contributed by atoms with Gasteiger partial charge in [-0.25, -0.2) is 13.4 Å². The minimum Gasteiger partial charge on any atom is -0.393 e. The van der Waals surface area contributed by atoms with E-state index in [1.807, 2.05) is 25.1 Å². The Hall–Kier alpha value is -2.12. The van der Waals surface area contributed by atoms with Gasteiger partial charge in [-0.3, -0.25) is 4.31 Å². The maximum Gasteiger partial charge on any atom is 0.265 e. The molecular formula is C19H25N3O3S. The third kappa shape index (κ3) is 4.16. The van der Waals surface area contributed by atoms with E-state index >= 15 is 0 Å². The van der Waals surface area contributed by atoms with Gasteiger partial charge in [0.25, 0.3) is 10.0 Å². The van der Waals surface area contributed by atoms with Crippen molar-refractivity contribution < 1.29 is 13.5 Å². The molecule has 0 amide bonds. The fraction of sp³-hybridized carbons (Fsp3) is 0.421. The Morgan fingerprint density at radius 3 is 2.38 bits per heavy atom. The molecule has 0 atom stereocenters. The summed E-state index contributed by atoms with van der Waals surface area (Å²) in [5.41, 5.74) is 0.637. The SMILES string of the molecule is CCN(c1ccccc1)S(=O)(=O)c1ccc(NC2CCC(O)CC2)nc1. The van der Waals surface area contributed by atoms with Crippen molar-refractivity contribution in [2.75, 3.05) is 16.2 Å². The van der Waals surface area contributed by atoms with Crippen LogP contribution in [0.2, 0.25) is 0 Å². The van der Waals surface area contributed by atoms with Crippen LogP contribution in [0.15, 0.2) is 53.6 Å². The van der Waals surface area contributed by atoms with Crippen LogP contribution in [-0.2, 0) is 10.0 Å². The van der Waals surface area contributed by atoms with Crippen LogP contribution in [0.4, 0.5) is 11.5 Å². The number of aliphatic hydroxyl groups excluding tert-OH is 1. The monoisotopic (exact) mass is 375 g/mol. The predicted molar refractivity (Wildman–Crippen MR) is 103 cm³/mol. The Bertz CT molecular complexity index is 802. The summed E-state index contributed by atoms with van der Waals surface area (Å²) in [5.74, 6) is 0.660. The Morgan fingerprint density at radius 2 is 1.81 bits per heavy atom. The molecule has 140 valence electrons. The number of nitrogens with zero attached hydrogens (tertiary/aromatic N) is 2. The molecule has 6 nitrogen and oxygen atoms in total. The molecular weight excluding hydrogens is 350 g/mol. The lowest BCUT2D eigenvalue weighted by Crippen LogP contribution is -2.31. The van der Waals surface area contributed by atoms with Crippen LogP contribution in [0.3, 0.4) is 0 Å². The summed E-state index contributed by atoms with van der Waals surface area (Å²) < 4.78 is 27.3. The van der Waals surface area contributed by atoms with Gasteiger partial charge in [0.05, 0.1) is 11.8 Å². The van der Waals surface area contributed by atoms with Gasteiger partial charge in [0.15, 0.2) is 0 Å². The fourth-order valence-electron chi connectivity index (χ4n) is 3.26. The number of nitrogens with one attached hydrogen (secondary N) is 1. The molecule has 0 spiro atoms. The van der Waals surface area contributed by atoms with Crippen LogP contribution in [0.25, 0.3) is 0 Å². The summed E-state index contributed by atoms with van der Waals surface area (Å²) in [6.45, 7) is 2.15. The summed E-state index contributed by atoms with van der Waals surface area (Å²) in [4.78, 5) is 4.46. The third-order valence-corrected chi connectivity index (χ3v) is 6.59. The highest BCUT2D eigenvalue weighted by Crippen LogP contribution is 2.25. The van der Waals surface area contributed by atoms with Gasteiger partial charge in [0, 0.05) is 18.8 Å². The molecule has 7 heteroatoms. The normalized spacial score (nSPS) is 20.5. The molecule has 0 unspecified atom stereocenters. The molecule has 3 rings (SSSR count). The smallest absolute Gasteiger partial charge is 0.265 e. The molecule has 1 aromatic carbocycles. The topological polar surface area (TPSA) is 82.5 Å². The Balaban J connectivity index is 1.74. The van der Waals surface area contributed by atoms with E-state index in [2.05, 4.69) is 10.3 Å². The minimum absolute atomic E-state index is 0.174. The first-order chi connectivity index (χ1) is 12.5. The predicted octanol–water partition coefficient (Wildman–Crippen LogP) is 3.01. The highest BCUT2D eigenvalue weighted by molar-refractivity contribution is 7.92. The van der Waals surface area contributed by atoms with E-state index in [1.54, 1.807) is 24.3 Å². The average molecular weight is 375 g/mol. The van der Waals surface area contributed by atoms with Gasteiger partial charge in [0.1, 0.15) is 10.7 Å². The van der Waals surface area contributed by atoms with Crippen LogP contribution in [0.5, 0.6) is 0 Å². The maximum absolute atomic E-state index is 12.9. The second-order valence-electron chi connectivity index (χ2n) is 6.53. The second kappa shape index (κ2) is 8.05. The zero-order chi connectivity index (χ0) is 18.6. The Labute approximate surface area is 154 Å². The Kier molecular flexibility index (Phi) is 5.78. The number of para-hydroxylation sites is 1. The van der Waals surface area contributed by atoms with Crippen molar-refractivity contribution in [2.45, 2.75) is 49.6 Å². The lowest BCUT2D eigenvalue weighted by molar-refractivity contribution is 0.126. The first-order valence-electron chi connectivity index (χ1n) is 8.99. The highest BCUT2D eigenvalue weighted by atomic mass is 32.2. The number of aromatic nitrogens is 1. The number of anilines is 2. The maximum atomic E-state index is 12.9. The number of hydrogen-bond donors (Lipinski definition) is 2. The molecule has 2 aromatic rings. The van der Waals surface area contributed by atoms with Crippen LogP contribution in [0, 0.1) is 0 Å². The largest absolute Gasteiger partial charge is 0.393 e. The molecule has 26 heavy (non-hydrogen) atoms. The molecule has 1 fully saturated rings. The lowest BCUT2D eigenvalue weighted by atomic mass is 9.93. The van der Waals surface area contributed by atoms with E-state index in [0.717, 1.165) is 25.7 Å². The summed E-state index contributed by atoms with van der Waals surface area (Å²) >= 11 is 0. The zero-order valence-corrected chi connectivity index (χ0v) is 15.7. The van der Waals surface area contributed by atoms with Crippen LogP contribution >= 0.6 is 0 Å². The van der Waals surface area contributed by atoms with Crippen molar-refractivity contribution in [2.24, 2.45) is 0 Å².